The number of para-hydroxylation sites is 2. The molecule has 5 heteroatoms. The van der Waals surface area contributed by atoms with Crippen molar-refractivity contribution in [3.63, 3.8) is 0 Å². The Labute approximate surface area is 131 Å². The summed E-state index contributed by atoms with van der Waals surface area (Å²) in [5, 5.41) is 0. The Morgan fingerprint density at radius 3 is 2.81 bits per heavy atom. The number of aromatic nitrogens is 2. The smallest absolute Gasteiger partial charge is 0.116 e. The van der Waals surface area contributed by atoms with E-state index in [0.717, 1.165) is 36.4 Å². The molecule has 0 radical (unpaired) electrons. The van der Waals surface area contributed by atoms with Crippen LogP contribution in [0.2, 0.25) is 0 Å². The second-order valence-corrected chi connectivity index (χ2v) is 6.13. The molecule has 0 aliphatic rings. The van der Waals surface area contributed by atoms with Crippen molar-refractivity contribution in [1.82, 2.24) is 9.55 Å². The number of benzene rings is 1. The predicted molar refractivity (Wildman–Crippen MR) is 90.5 cm³/mol. The minimum absolute atomic E-state index is 0.465. The monoisotopic (exact) mass is 305 g/mol. The van der Waals surface area contributed by atoms with Gasteiger partial charge < -0.3 is 15.0 Å². The molecule has 2 aromatic rings. The highest BCUT2D eigenvalue weighted by atomic mass is 32.1. The lowest BCUT2D eigenvalue weighted by Crippen LogP contribution is -2.17. The lowest BCUT2D eigenvalue weighted by Gasteiger charge is -2.10. The average molecular weight is 305 g/mol. The van der Waals surface area contributed by atoms with Gasteiger partial charge in [-0.25, -0.2) is 4.98 Å². The van der Waals surface area contributed by atoms with Crippen molar-refractivity contribution in [2.24, 2.45) is 11.7 Å². The maximum absolute atomic E-state index is 5.71. The fourth-order valence-corrected chi connectivity index (χ4v) is 2.37. The standard InChI is InChI=1S/C16H23N3OS/c1-12(2)7-9-20-10-8-19-14-6-4-3-5-13(14)18-16(19)11-15(17)21/h3-6,12H,7-11H2,1-2H3,(H2,17,21). The Kier molecular flexibility index (Phi) is 5.70. The number of ether oxygens (including phenoxy) is 1. The van der Waals surface area contributed by atoms with Crippen LogP contribution in [0.1, 0.15) is 26.1 Å². The van der Waals surface area contributed by atoms with Crippen LogP contribution in [-0.2, 0) is 17.7 Å². The molecule has 1 aromatic heterocycles. The van der Waals surface area contributed by atoms with Gasteiger partial charge in [0.05, 0.1) is 29.0 Å². The molecule has 0 saturated carbocycles. The summed E-state index contributed by atoms with van der Waals surface area (Å²) < 4.78 is 7.87. The third-order valence-corrected chi connectivity index (χ3v) is 3.51. The average Bonchev–Trinajstić information content (AvgIpc) is 2.75. The zero-order valence-electron chi connectivity index (χ0n) is 12.7. The molecule has 0 aliphatic carbocycles. The van der Waals surface area contributed by atoms with Crippen LogP contribution in [0.5, 0.6) is 0 Å². The van der Waals surface area contributed by atoms with Crippen LogP contribution in [0.3, 0.4) is 0 Å². The van der Waals surface area contributed by atoms with Gasteiger partial charge in [-0.1, -0.05) is 38.2 Å². The van der Waals surface area contributed by atoms with Gasteiger partial charge >= 0.3 is 0 Å². The molecule has 0 bridgehead atoms. The van der Waals surface area contributed by atoms with E-state index in [1.54, 1.807) is 0 Å². The van der Waals surface area contributed by atoms with Crippen molar-refractivity contribution in [2.75, 3.05) is 13.2 Å². The first-order chi connectivity index (χ1) is 10.1. The lowest BCUT2D eigenvalue weighted by atomic mass is 10.1. The van der Waals surface area contributed by atoms with Gasteiger partial charge in [-0.2, -0.15) is 0 Å². The first kappa shape index (κ1) is 15.9. The van der Waals surface area contributed by atoms with Crippen LogP contribution in [0.15, 0.2) is 24.3 Å². The highest BCUT2D eigenvalue weighted by Gasteiger charge is 2.10. The van der Waals surface area contributed by atoms with Gasteiger partial charge in [0.25, 0.3) is 0 Å². The van der Waals surface area contributed by atoms with Gasteiger partial charge in [0.2, 0.25) is 0 Å². The predicted octanol–water partition coefficient (Wildman–Crippen LogP) is 2.93. The number of thiocarbonyl (C=S) groups is 1. The number of hydrogen-bond acceptors (Lipinski definition) is 3. The van der Waals surface area contributed by atoms with Crippen LogP contribution in [0.4, 0.5) is 0 Å². The molecule has 1 aromatic carbocycles. The summed E-state index contributed by atoms with van der Waals surface area (Å²) >= 11 is 5.02. The summed E-state index contributed by atoms with van der Waals surface area (Å²) in [6, 6.07) is 8.09. The molecule has 0 atom stereocenters. The number of imidazole rings is 1. The molecule has 0 spiro atoms. The number of nitrogens with zero attached hydrogens (tertiary/aromatic N) is 2. The van der Waals surface area contributed by atoms with Crippen molar-refractivity contribution in [3.05, 3.63) is 30.1 Å². The highest BCUT2D eigenvalue weighted by Crippen LogP contribution is 2.16. The van der Waals surface area contributed by atoms with Crippen LogP contribution in [-0.4, -0.2) is 27.8 Å². The third-order valence-electron chi connectivity index (χ3n) is 3.36. The quantitative estimate of drug-likeness (QED) is 0.602. The van der Waals surface area contributed by atoms with Crippen LogP contribution < -0.4 is 5.73 Å². The molecule has 2 rings (SSSR count). The molecule has 21 heavy (non-hydrogen) atoms. The zero-order valence-corrected chi connectivity index (χ0v) is 13.5. The SMILES string of the molecule is CC(C)CCOCCn1c(CC(N)=S)nc2ccccc21. The zero-order chi connectivity index (χ0) is 15.2. The van der Waals surface area contributed by atoms with E-state index in [4.69, 9.17) is 22.7 Å². The number of rotatable bonds is 8. The Balaban J connectivity index is 2.07. The molecule has 0 unspecified atom stereocenters. The molecule has 2 N–H and O–H groups in total. The second kappa shape index (κ2) is 7.52. The van der Waals surface area contributed by atoms with Gasteiger partial charge in [-0.15, -0.1) is 0 Å². The largest absolute Gasteiger partial charge is 0.393 e. The van der Waals surface area contributed by atoms with E-state index in [0.29, 0.717) is 23.9 Å². The number of fused-ring (bicyclic) bond motifs is 1. The van der Waals surface area contributed by atoms with Crippen molar-refractivity contribution >= 4 is 28.2 Å². The van der Waals surface area contributed by atoms with Crippen LogP contribution in [0, 0.1) is 5.92 Å². The maximum Gasteiger partial charge on any atom is 0.116 e. The van der Waals surface area contributed by atoms with Gasteiger partial charge in [0, 0.05) is 13.2 Å². The van der Waals surface area contributed by atoms with E-state index in [1.165, 1.54) is 0 Å². The Morgan fingerprint density at radius 2 is 2.10 bits per heavy atom. The normalized spacial score (nSPS) is 11.4. The molecular formula is C16H23N3OS. The topological polar surface area (TPSA) is 53.1 Å². The second-order valence-electron chi connectivity index (χ2n) is 5.61. The fourth-order valence-electron chi connectivity index (χ4n) is 2.24. The molecule has 0 fully saturated rings. The highest BCUT2D eigenvalue weighted by molar-refractivity contribution is 7.80. The first-order valence-corrected chi connectivity index (χ1v) is 7.79. The molecule has 4 nitrogen and oxygen atoms in total. The molecule has 1 heterocycles. The Bertz CT molecular complexity index is 607. The molecule has 0 saturated heterocycles. The summed E-state index contributed by atoms with van der Waals surface area (Å²) in [5.74, 6) is 1.58. The van der Waals surface area contributed by atoms with Gasteiger partial charge in [-0.05, 0) is 24.5 Å². The van der Waals surface area contributed by atoms with Gasteiger partial charge in [0.15, 0.2) is 0 Å². The lowest BCUT2D eigenvalue weighted by molar-refractivity contribution is 0.116. The third kappa shape index (κ3) is 4.51. The summed E-state index contributed by atoms with van der Waals surface area (Å²) in [5.41, 5.74) is 7.76. The van der Waals surface area contributed by atoms with Crippen molar-refractivity contribution in [3.8, 4) is 0 Å². The minimum Gasteiger partial charge on any atom is -0.393 e. The summed E-state index contributed by atoms with van der Waals surface area (Å²) in [4.78, 5) is 5.08. The van der Waals surface area contributed by atoms with E-state index in [2.05, 4.69) is 29.5 Å². The first-order valence-electron chi connectivity index (χ1n) is 7.38. The van der Waals surface area contributed by atoms with Crippen LogP contribution in [0.25, 0.3) is 11.0 Å². The van der Waals surface area contributed by atoms with E-state index < -0.39 is 0 Å². The molecule has 114 valence electrons. The Morgan fingerprint density at radius 1 is 1.33 bits per heavy atom. The number of hydrogen-bond donors (Lipinski definition) is 1. The van der Waals surface area contributed by atoms with Crippen molar-refractivity contribution in [2.45, 2.75) is 33.2 Å². The van der Waals surface area contributed by atoms with Gasteiger partial charge in [-0.3, -0.25) is 0 Å². The van der Waals surface area contributed by atoms with E-state index in [9.17, 15) is 0 Å². The van der Waals surface area contributed by atoms with Crippen molar-refractivity contribution in [1.29, 1.82) is 0 Å². The fraction of sp³-hybridized carbons (Fsp3) is 0.500. The molecule has 0 amide bonds. The van der Waals surface area contributed by atoms with E-state index in [-0.39, 0.29) is 0 Å². The summed E-state index contributed by atoms with van der Waals surface area (Å²) in [6.45, 7) is 6.66. The van der Waals surface area contributed by atoms with Crippen LogP contribution >= 0.6 is 12.2 Å². The summed E-state index contributed by atoms with van der Waals surface area (Å²) in [6.07, 6.45) is 1.61. The maximum atomic E-state index is 5.71. The molecule has 0 aliphatic heterocycles. The molecular weight excluding hydrogens is 282 g/mol. The van der Waals surface area contributed by atoms with Gasteiger partial charge in [0.1, 0.15) is 5.82 Å². The summed E-state index contributed by atoms with van der Waals surface area (Å²) in [7, 11) is 0. The Hall–Kier alpha value is -1.46. The number of nitrogens with two attached hydrogens (primary N) is 1. The van der Waals surface area contributed by atoms with E-state index >= 15 is 0 Å². The van der Waals surface area contributed by atoms with E-state index in [1.807, 2.05) is 18.2 Å². The minimum atomic E-state index is 0.465. The van der Waals surface area contributed by atoms with Crippen molar-refractivity contribution < 1.29 is 4.74 Å².